The minimum Gasteiger partial charge on any atom is -0.497 e. The van der Waals surface area contributed by atoms with E-state index in [1.165, 1.54) is 37.5 Å². The van der Waals surface area contributed by atoms with Crippen LogP contribution in [0.4, 0.5) is 0 Å². The minimum absolute atomic E-state index is 0.900. The number of hydrogen-bond acceptors (Lipinski definition) is 3. The zero-order valence-corrected chi connectivity index (χ0v) is 14.5. The minimum atomic E-state index is 0.900. The normalized spacial score (nSPS) is 16.6. The summed E-state index contributed by atoms with van der Waals surface area (Å²) in [6, 6.07) is 7.98. The average molecular weight is 332 g/mol. The molecule has 1 N–H and O–H groups in total. The molecule has 5 nitrogen and oxygen atoms in total. The standard InChI is InChI=1S/C9H9NO.C6H11NO.C4H8O/c1-11-8-2-3-9-7(6-8)4-5-10-9;8-6-7-4-2-1-3-5-7;1-2-4-5-3-1/h2-6,10H,1H3;6H,1-5H2;1-4H2. The van der Waals surface area contributed by atoms with Gasteiger partial charge in [-0.15, -0.1) is 0 Å². The monoisotopic (exact) mass is 332 g/mol. The third-order valence-corrected chi connectivity index (χ3v) is 4.13. The van der Waals surface area contributed by atoms with E-state index in [1.807, 2.05) is 35.4 Å². The summed E-state index contributed by atoms with van der Waals surface area (Å²) >= 11 is 0. The fourth-order valence-corrected chi connectivity index (χ4v) is 2.69. The highest BCUT2D eigenvalue weighted by Gasteiger charge is 2.05. The summed E-state index contributed by atoms with van der Waals surface area (Å²) in [5.41, 5.74) is 1.14. The fourth-order valence-electron chi connectivity index (χ4n) is 2.69. The lowest BCUT2D eigenvalue weighted by Gasteiger charge is -2.21. The Balaban J connectivity index is 0.000000141. The zero-order chi connectivity index (χ0) is 17.0. The number of rotatable bonds is 2. The van der Waals surface area contributed by atoms with E-state index in [4.69, 9.17) is 9.47 Å². The molecule has 2 aliphatic heterocycles. The van der Waals surface area contributed by atoms with Gasteiger partial charge in [-0.25, -0.2) is 0 Å². The number of benzene rings is 1. The molecule has 5 heteroatoms. The van der Waals surface area contributed by atoms with Crippen LogP contribution in [0, 0.1) is 0 Å². The quantitative estimate of drug-likeness (QED) is 0.855. The Morgan fingerprint density at radius 1 is 1.08 bits per heavy atom. The van der Waals surface area contributed by atoms with Crippen LogP contribution in [0.5, 0.6) is 5.75 Å². The van der Waals surface area contributed by atoms with Crippen molar-refractivity contribution in [1.29, 1.82) is 0 Å². The summed E-state index contributed by atoms with van der Waals surface area (Å²) in [5.74, 6) is 0.900. The van der Waals surface area contributed by atoms with Gasteiger partial charge in [0, 0.05) is 43.4 Å². The topological polar surface area (TPSA) is 54.6 Å². The fraction of sp³-hybridized carbons (Fsp3) is 0.526. The van der Waals surface area contributed by atoms with Crippen LogP contribution in [-0.2, 0) is 9.53 Å². The molecule has 1 aromatic heterocycles. The number of carbonyl (C=O) groups is 1. The van der Waals surface area contributed by atoms with Gasteiger partial charge in [-0.1, -0.05) is 0 Å². The molecule has 2 aliphatic rings. The lowest BCUT2D eigenvalue weighted by Crippen LogP contribution is -2.27. The van der Waals surface area contributed by atoms with Crippen molar-refractivity contribution in [3.8, 4) is 5.75 Å². The van der Waals surface area contributed by atoms with E-state index in [2.05, 4.69) is 4.98 Å². The van der Waals surface area contributed by atoms with Crippen LogP contribution in [0.15, 0.2) is 30.5 Å². The van der Waals surface area contributed by atoms with Gasteiger partial charge in [0.15, 0.2) is 0 Å². The molecule has 132 valence electrons. The zero-order valence-electron chi connectivity index (χ0n) is 14.5. The molecule has 2 fully saturated rings. The third-order valence-electron chi connectivity index (χ3n) is 4.13. The van der Waals surface area contributed by atoms with E-state index in [9.17, 15) is 4.79 Å². The first-order valence-corrected chi connectivity index (χ1v) is 8.71. The van der Waals surface area contributed by atoms with Crippen LogP contribution in [-0.4, -0.2) is 49.7 Å². The van der Waals surface area contributed by atoms with E-state index >= 15 is 0 Å². The van der Waals surface area contributed by atoms with Crippen LogP contribution in [0.25, 0.3) is 10.9 Å². The molecule has 2 aromatic rings. The number of carbonyl (C=O) groups excluding carboxylic acids is 1. The van der Waals surface area contributed by atoms with Crippen LogP contribution in [0.2, 0.25) is 0 Å². The summed E-state index contributed by atoms with van der Waals surface area (Å²) in [6.07, 6.45) is 9.10. The number of nitrogens with zero attached hydrogens (tertiary/aromatic N) is 1. The van der Waals surface area contributed by atoms with Gasteiger partial charge in [-0.3, -0.25) is 4.79 Å². The first-order chi connectivity index (χ1) is 11.8. The van der Waals surface area contributed by atoms with Crippen molar-refractivity contribution in [2.45, 2.75) is 32.1 Å². The summed E-state index contributed by atoms with van der Waals surface area (Å²) in [6.45, 7) is 3.95. The van der Waals surface area contributed by atoms with Gasteiger partial charge in [-0.05, 0) is 56.4 Å². The van der Waals surface area contributed by atoms with Crippen molar-refractivity contribution in [2.75, 3.05) is 33.4 Å². The highest BCUT2D eigenvalue weighted by atomic mass is 16.5. The number of aromatic amines is 1. The maximum absolute atomic E-state index is 10.1. The summed E-state index contributed by atoms with van der Waals surface area (Å²) in [5, 5.41) is 1.18. The van der Waals surface area contributed by atoms with Crippen LogP contribution in [0.1, 0.15) is 32.1 Å². The van der Waals surface area contributed by atoms with Crippen LogP contribution >= 0.6 is 0 Å². The summed E-state index contributed by atoms with van der Waals surface area (Å²) in [4.78, 5) is 15.0. The molecule has 2 saturated heterocycles. The molecular weight excluding hydrogens is 304 g/mol. The number of likely N-dealkylation sites (tertiary alicyclic amines) is 1. The van der Waals surface area contributed by atoms with Crippen molar-refractivity contribution in [3.05, 3.63) is 30.5 Å². The first-order valence-electron chi connectivity index (χ1n) is 8.71. The van der Waals surface area contributed by atoms with E-state index < -0.39 is 0 Å². The molecule has 4 rings (SSSR count). The lowest BCUT2D eigenvalue weighted by molar-refractivity contribution is -0.118. The van der Waals surface area contributed by atoms with Gasteiger partial charge in [0.25, 0.3) is 0 Å². The number of piperidine rings is 1. The number of aromatic nitrogens is 1. The number of hydrogen-bond donors (Lipinski definition) is 1. The number of H-pyrrole nitrogens is 1. The SMILES string of the molecule is C1CCOC1.COc1ccc2[nH]ccc2c1.O=CN1CCCCC1. The molecule has 0 radical (unpaired) electrons. The molecule has 0 saturated carbocycles. The maximum Gasteiger partial charge on any atom is 0.209 e. The number of ether oxygens (including phenoxy) is 2. The molecule has 1 amide bonds. The molecule has 0 bridgehead atoms. The third kappa shape index (κ3) is 6.24. The second-order valence-electron chi connectivity index (χ2n) is 5.95. The Morgan fingerprint density at radius 2 is 1.83 bits per heavy atom. The first kappa shape index (κ1) is 18.3. The Morgan fingerprint density at radius 3 is 2.38 bits per heavy atom. The molecule has 0 unspecified atom stereocenters. The largest absolute Gasteiger partial charge is 0.497 e. The van der Waals surface area contributed by atoms with Gasteiger partial charge in [0.05, 0.1) is 7.11 Å². The van der Waals surface area contributed by atoms with Gasteiger partial charge in [0.2, 0.25) is 6.41 Å². The van der Waals surface area contributed by atoms with Crippen molar-refractivity contribution < 1.29 is 14.3 Å². The average Bonchev–Trinajstić information content (AvgIpc) is 3.36. The number of methoxy groups -OCH3 is 1. The Bertz CT molecular complexity index is 579. The molecule has 1 aromatic carbocycles. The van der Waals surface area contributed by atoms with Crippen LogP contribution in [0.3, 0.4) is 0 Å². The molecule has 0 spiro atoms. The van der Waals surface area contributed by atoms with Crippen molar-refractivity contribution in [1.82, 2.24) is 9.88 Å². The van der Waals surface area contributed by atoms with Gasteiger partial charge in [-0.2, -0.15) is 0 Å². The summed E-state index contributed by atoms with van der Waals surface area (Å²) < 4.78 is 10.0. The summed E-state index contributed by atoms with van der Waals surface area (Å²) in [7, 11) is 1.67. The van der Waals surface area contributed by atoms with Gasteiger partial charge >= 0.3 is 0 Å². The lowest BCUT2D eigenvalue weighted by atomic mass is 10.1. The predicted molar refractivity (Wildman–Crippen MR) is 96.4 cm³/mol. The second kappa shape index (κ2) is 10.7. The molecule has 0 atom stereocenters. The Hall–Kier alpha value is -2.01. The Labute approximate surface area is 143 Å². The second-order valence-corrected chi connectivity index (χ2v) is 5.95. The molecule has 0 aliphatic carbocycles. The molecule has 24 heavy (non-hydrogen) atoms. The van der Waals surface area contributed by atoms with E-state index in [0.717, 1.165) is 44.0 Å². The Kier molecular flexibility index (Phi) is 8.18. The molecule has 3 heterocycles. The maximum atomic E-state index is 10.1. The van der Waals surface area contributed by atoms with E-state index in [0.29, 0.717) is 0 Å². The van der Waals surface area contributed by atoms with Crippen molar-refractivity contribution in [2.24, 2.45) is 0 Å². The van der Waals surface area contributed by atoms with E-state index in [-0.39, 0.29) is 0 Å². The van der Waals surface area contributed by atoms with Gasteiger partial charge in [0.1, 0.15) is 5.75 Å². The van der Waals surface area contributed by atoms with Gasteiger partial charge < -0.3 is 19.4 Å². The highest BCUT2D eigenvalue weighted by Crippen LogP contribution is 2.18. The molecular formula is C19H28N2O3. The van der Waals surface area contributed by atoms with Crippen LogP contribution < -0.4 is 4.74 Å². The van der Waals surface area contributed by atoms with Crippen molar-refractivity contribution in [3.63, 3.8) is 0 Å². The van der Waals surface area contributed by atoms with E-state index in [1.54, 1.807) is 7.11 Å². The van der Waals surface area contributed by atoms with Crippen molar-refractivity contribution >= 4 is 17.3 Å². The predicted octanol–water partition coefficient (Wildman–Crippen LogP) is 3.60. The number of nitrogens with one attached hydrogen (secondary N) is 1. The highest BCUT2D eigenvalue weighted by molar-refractivity contribution is 5.80. The number of amides is 1. The number of fused-ring (bicyclic) bond motifs is 1. The smallest absolute Gasteiger partial charge is 0.209 e.